The fourth-order valence-corrected chi connectivity index (χ4v) is 1.34. The van der Waals surface area contributed by atoms with E-state index in [-0.39, 0.29) is 24.0 Å². The number of hydrogen-bond donors (Lipinski definition) is 2. The Hall–Kier alpha value is -2.24. The molecular formula is C12H16N2O4. The Bertz CT molecular complexity index is 446. The molecular weight excluding hydrogens is 236 g/mol. The summed E-state index contributed by atoms with van der Waals surface area (Å²) in [6, 6.07) is 2.99. The second kappa shape index (κ2) is 6.48. The number of nitrogens with two attached hydrogens (primary N) is 1. The lowest BCUT2D eigenvalue weighted by molar-refractivity contribution is -0.122. The van der Waals surface area contributed by atoms with Crippen LogP contribution in [0.5, 0.6) is 11.5 Å². The van der Waals surface area contributed by atoms with Crippen molar-refractivity contribution in [2.45, 2.75) is 6.92 Å². The molecule has 0 spiro atoms. The first-order valence-electron chi connectivity index (χ1n) is 5.47. The standard InChI is InChI=1S/C12H16N2O4/c1-3-17-10-5-8(6-15)4-9(13)12(10)18-7-11(16)14-2/h4-6H,3,7,13H2,1-2H3,(H,14,16). The largest absolute Gasteiger partial charge is 0.490 e. The van der Waals surface area contributed by atoms with Crippen molar-refractivity contribution in [2.24, 2.45) is 0 Å². The zero-order valence-corrected chi connectivity index (χ0v) is 10.4. The maximum atomic E-state index is 11.1. The van der Waals surface area contributed by atoms with Crippen molar-refractivity contribution in [1.82, 2.24) is 5.32 Å². The molecule has 0 radical (unpaired) electrons. The van der Waals surface area contributed by atoms with Crippen LogP contribution in [-0.4, -0.2) is 32.5 Å². The molecule has 0 aliphatic carbocycles. The predicted molar refractivity (Wildman–Crippen MR) is 67.0 cm³/mol. The number of rotatable bonds is 6. The van der Waals surface area contributed by atoms with Gasteiger partial charge in [0.25, 0.3) is 5.91 Å². The number of ether oxygens (including phenoxy) is 2. The van der Waals surface area contributed by atoms with Crippen LogP contribution in [0.15, 0.2) is 12.1 Å². The maximum absolute atomic E-state index is 11.1. The van der Waals surface area contributed by atoms with Crippen LogP contribution in [0.2, 0.25) is 0 Å². The molecule has 0 aliphatic heterocycles. The average molecular weight is 252 g/mol. The Labute approximate surface area is 105 Å². The zero-order chi connectivity index (χ0) is 13.5. The zero-order valence-electron chi connectivity index (χ0n) is 10.4. The molecule has 0 atom stereocenters. The molecule has 1 rings (SSSR count). The first-order chi connectivity index (χ1) is 8.62. The molecule has 6 nitrogen and oxygen atoms in total. The van der Waals surface area contributed by atoms with E-state index in [1.54, 1.807) is 6.92 Å². The topological polar surface area (TPSA) is 90.7 Å². The van der Waals surface area contributed by atoms with Crippen molar-refractivity contribution < 1.29 is 19.1 Å². The highest BCUT2D eigenvalue weighted by Gasteiger charge is 2.13. The fourth-order valence-electron chi connectivity index (χ4n) is 1.34. The van der Waals surface area contributed by atoms with Gasteiger partial charge in [-0.1, -0.05) is 0 Å². The molecule has 18 heavy (non-hydrogen) atoms. The molecule has 0 heterocycles. The number of carbonyl (C=O) groups excluding carboxylic acids is 2. The van der Waals surface area contributed by atoms with Crippen molar-refractivity contribution in [1.29, 1.82) is 0 Å². The lowest BCUT2D eigenvalue weighted by Gasteiger charge is -2.14. The van der Waals surface area contributed by atoms with Gasteiger partial charge in [-0.3, -0.25) is 9.59 Å². The minimum absolute atomic E-state index is 0.165. The number of carbonyl (C=O) groups is 2. The summed E-state index contributed by atoms with van der Waals surface area (Å²) in [7, 11) is 1.51. The molecule has 0 bridgehead atoms. The van der Waals surface area contributed by atoms with Crippen LogP contribution in [0, 0.1) is 0 Å². The number of amides is 1. The first-order valence-corrected chi connectivity index (χ1v) is 5.47. The minimum atomic E-state index is -0.281. The van der Waals surface area contributed by atoms with E-state index < -0.39 is 0 Å². The van der Waals surface area contributed by atoms with Gasteiger partial charge in [0.1, 0.15) is 6.29 Å². The third-order valence-electron chi connectivity index (χ3n) is 2.17. The van der Waals surface area contributed by atoms with E-state index in [1.807, 2.05) is 0 Å². The van der Waals surface area contributed by atoms with E-state index in [0.29, 0.717) is 24.2 Å². The third kappa shape index (κ3) is 3.38. The third-order valence-corrected chi connectivity index (χ3v) is 2.17. The van der Waals surface area contributed by atoms with Crippen molar-refractivity contribution in [3.05, 3.63) is 17.7 Å². The van der Waals surface area contributed by atoms with Crippen LogP contribution in [0.25, 0.3) is 0 Å². The maximum Gasteiger partial charge on any atom is 0.257 e. The lowest BCUT2D eigenvalue weighted by atomic mass is 10.2. The quantitative estimate of drug-likeness (QED) is 0.571. The monoisotopic (exact) mass is 252 g/mol. The summed E-state index contributed by atoms with van der Waals surface area (Å²) in [6.45, 7) is 2.03. The van der Waals surface area contributed by atoms with Crippen LogP contribution in [0.1, 0.15) is 17.3 Å². The van der Waals surface area contributed by atoms with Gasteiger partial charge in [0.2, 0.25) is 0 Å². The predicted octanol–water partition coefficient (Wildman–Crippen LogP) is 0.605. The molecule has 0 fully saturated rings. The number of nitrogen functional groups attached to an aromatic ring is 1. The van der Waals surface area contributed by atoms with Crippen molar-refractivity contribution in [2.75, 3.05) is 26.0 Å². The molecule has 1 aromatic carbocycles. The van der Waals surface area contributed by atoms with Crippen LogP contribution in [-0.2, 0) is 4.79 Å². The Balaban J connectivity index is 2.99. The van der Waals surface area contributed by atoms with Gasteiger partial charge < -0.3 is 20.5 Å². The Morgan fingerprint density at radius 2 is 2.17 bits per heavy atom. The second-order valence-corrected chi connectivity index (χ2v) is 3.45. The van der Waals surface area contributed by atoms with Crippen molar-refractivity contribution in [3.8, 4) is 11.5 Å². The highest BCUT2D eigenvalue weighted by atomic mass is 16.5. The molecule has 0 aromatic heterocycles. The van der Waals surface area contributed by atoms with Crippen molar-refractivity contribution in [3.63, 3.8) is 0 Å². The van der Waals surface area contributed by atoms with Crippen LogP contribution < -0.4 is 20.5 Å². The van der Waals surface area contributed by atoms with Crippen LogP contribution >= 0.6 is 0 Å². The number of hydrogen-bond acceptors (Lipinski definition) is 5. The van der Waals surface area contributed by atoms with Gasteiger partial charge in [0.15, 0.2) is 18.1 Å². The van der Waals surface area contributed by atoms with E-state index in [4.69, 9.17) is 15.2 Å². The van der Waals surface area contributed by atoms with E-state index >= 15 is 0 Å². The summed E-state index contributed by atoms with van der Waals surface area (Å²) in [4.78, 5) is 21.8. The molecule has 0 aliphatic rings. The highest BCUT2D eigenvalue weighted by molar-refractivity contribution is 5.81. The van der Waals surface area contributed by atoms with Gasteiger partial charge in [0, 0.05) is 12.6 Å². The molecule has 0 saturated heterocycles. The van der Waals surface area contributed by atoms with E-state index in [9.17, 15) is 9.59 Å². The van der Waals surface area contributed by atoms with E-state index in [2.05, 4.69) is 5.32 Å². The van der Waals surface area contributed by atoms with Gasteiger partial charge >= 0.3 is 0 Å². The molecule has 6 heteroatoms. The summed E-state index contributed by atoms with van der Waals surface area (Å²) in [6.07, 6.45) is 0.668. The van der Waals surface area contributed by atoms with E-state index in [0.717, 1.165) is 0 Å². The number of anilines is 1. The summed E-state index contributed by atoms with van der Waals surface area (Å²) in [5.41, 5.74) is 6.41. The summed E-state index contributed by atoms with van der Waals surface area (Å²) < 4.78 is 10.6. The number of nitrogens with one attached hydrogen (secondary N) is 1. The van der Waals surface area contributed by atoms with Gasteiger partial charge in [0.05, 0.1) is 12.3 Å². The lowest BCUT2D eigenvalue weighted by Crippen LogP contribution is -2.25. The fraction of sp³-hybridized carbons (Fsp3) is 0.333. The molecule has 98 valence electrons. The average Bonchev–Trinajstić information content (AvgIpc) is 2.37. The van der Waals surface area contributed by atoms with Crippen LogP contribution in [0.3, 0.4) is 0 Å². The number of likely N-dealkylation sites (N-methyl/N-ethyl adjacent to an activating group) is 1. The van der Waals surface area contributed by atoms with Gasteiger partial charge in [-0.15, -0.1) is 0 Å². The molecule has 3 N–H and O–H groups in total. The Morgan fingerprint density at radius 3 is 2.72 bits per heavy atom. The Morgan fingerprint density at radius 1 is 1.44 bits per heavy atom. The van der Waals surface area contributed by atoms with Crippen molar-refractivity contribution >= 4 is 17.9 Å². The number of benzene rings is 1. The molecule has 0 saturated carbocycles. The van der Waals surface area contributed by atoms with Gasteiger partial charge in [-0.2, -0.15) is 0 Å². The second-order valence-electron chi connectivity index (χ2n) is 3.45. The van der Waals surface area contributed by atoms with E-state index in [1.165, 1.54) is 19.2 Å². The normalized spacial score (nSPS) is 9.67. The van der Waals surface area contributed by atoms with Gasteiger partial charge in [-0.25, -0.2) is 0 Å². The van der Waals surface area contributed by atoms with Gasteiger partial charge in [-0.05, 0) is 19.1 Å². The summed E-state index contributed by atoms with van der Waals surface area (Å²) >= 11 is 0. The molecule has 1 aromatic rings. The molecule has 1 amide bonds. The molecule has 0 unspecified atom stereocenters. The first kappa shape index (κ1) is 13.8. The minimum Gasteiger partial charge on any atom is -0.490 e. The smallest absolute Gasteiger partial charge is 0.257 e. The summed E-state index contributed by atoms with van der Waals surface area (Å²) in [5.74, 6) is 0.339. The number of aldehydes is 1. The highest BCUT2D eigenvalue weighted by Crippen LogP contribution is 2.34. The SMILES string of the molecule is CCOc1cc(C=O)cc(N)c1OCC(=O)NC. The Kier molecular flexibility index (Phi) is 4.98. The van der Waals surface area contributed by atoms with Crippen LogP contribution in [0.4, 0.5) is 5.69 Å². The summed E-state index contributed by atoms with van der Waals surface area (Å²) in [5, 5.41) is 2.43.